The Kier molecular flexibility index (Phi) is 5.62. The van der Waals surface area contributed by atoms with Crippen LogP contribution >= 0.6 is 0 Å². The Balaban J connectivity index is 3.46. The minimum Gasteiger partial charge on any atom is -0.480 e. The first kappa shape index (κ1) is 12.4. The van der Waals surface area contributed by atoms with Gasteiger partial charge in [-0.2, -0.15) is 0 Å². The molecular weight excluding hydrogens is 173 g/mol. The fraction of sp³-hybridized carbons (Fsp3) is 0.889. The summed E-state index contributed by atoms with van der Waals surface area (Å²) in [5.41, 5.74) is -0.879. The minimum absolute atomic E-state index is 0.289. The molecule has 0 aliphatic carbocycles. The van der Waals surface area contributed by atoms with E-state index in [0.717, 1.165) is 12.8 Å². The zero-order valence-electron chi connectivity index (χ0n) is 8.27. The van der Waals surface area contributed by atoms with Gasteiger partial charge >= 0.3 is 5.97 Å². The van der Waals surface area contributed by atoms with Gasteiger partial charge in [0.05, 0.1) is 6.67 Å². The molecule has 0 fully saturated rings. The summed E-state index contributed by atoms with van der Waals surface area (Å²) in [7, 11) is 0. The van der Waals surface area contributed by atoms with Gasteiger partial charge in [-0.1, -0.05) is 0 Å². The zero-order chi connectivity index (χ0) is 10.3. The van der Waals surface area contributed by atoms with Crippen LogP contribution in [0.25, 0.3) is 0 Å². The van der Waals surface area contributed by atoms with E-state index >= 15 is 0 Å². The summed E-state index contributed by atoms with van der Waals surface area (Å²) in [6, 6.07) is 0. The summed E-state index contributed by atoms with van der Waals surface area (Å²) < 4.78 is 11.7. The molecule has 3 nitrogen and oxygen atoms in total. The highest BCUT2D eigenvalue weighted by Gasteiger charge is 2.25. The number of halogens is 1. The molecule has 2 N–H and O–H groups in total. The number of hydrogen-bond acceptors (Lipinski definition) is 2. The van der Waals surface area contributed by atoms with Crippen molar-refractivity contribution in [2.75, 3.05) is 13.2 Å². The predicted molar refractivity (Wildman–Crippen MR) is 49.5 cm³/mol. The molecule has 0 unspecified atom stereocenters. The van der Waals surface area contributed by atoms with Crippen molar-refractivity contribution in [1.82, 2.24) is 5.32 Å². The van der Waals surface area contributed by atoms with Gasteiger partial charge in [0.25, 0.3) is 0 Å². The monoisotopic (exact) mass is 191 g/mol. The summed E-state index contributed by atoms with van der Waals surface area (Å²) in [5.74, 6) is -0.863. The molecular formula is C9H18FNO2. The van der Waals surface area contributed by atoms with Crippen molar-refractivity contribution in [2.24, 2.45) is 0 Å². The summed E-state index contributed by atoms with van der Waals surface area (Å²) in [5, 5.41) is 11.6. The van der Waals surface area contributed by atoms with Crippen LogP contribution in [-0.4, -0.2) is 29.8 Å². The van der Waals surface area contributed by atoms with Crippen molar-refractivity contribution in [1.29, 1.82) is 0 Å². The maximum Gasteiger partial charge on any atom is 0.323 e. The maximum atomic E-state index is 11.7. The van der Waals surface area contributed by atoms with E-state index in [1.54, 1.807) is 13.8 Å². The molecule has 13 heavy (non-hydrogen) atoms. The van der Waals surface area contributed by atoms with Crippen LogP contribution in [0.1, 0.15) is 33.1 Å². The first-order valence-corrected chi connectivity index (χ1v) is 4.55. The van der Waals surface area contributed by atoms with Crippen molar-refractivity contribution >= 4 is 5.97 Å². The van der Waals surface area contributed by atoms with Crippen LogP contribution in [0.2, 0.25) is 0 Å². The van der Waals surface area contributed by atoms with Gasteiger partial charge in [0.15, 0.2) is 0 Å². The molecule has 0 saturated heterocycles. The Labute approximate surface area is 78.3 Å². The molecule has 0 aromatic rings. The van der Waals surface area contributed by atoms with Crippen molar-refractivity contribution in [3.8, 4) is 0 Å². The second kappa shape index (κ2) is 5.91. The van der Waals surface area contributed by atoms with E-state index in [2.05, 4.69) is 5.32 Å². The third-order valence-corrected chi connectivity index (χ3v) is 1.91. The average molecular weight is 191 g/mol. The fourth-order valence-electron chi connectivity index (χ4n) is 0.873. The smallest absolute Gasteiger partial charge is 0.323 e. The molecule has 78 valence electrons. The Hall–Kier alpha value is -0.640. The molecule has 0 heterocycles. The average Bonchev–Trinajstić information content (AvgIpc) is 2.03. The first-order valence-electron chi connectivity index (χ1n) is 4.55. The lowest BCUT2D eigenvalue weighted by Gasteiger charge is -2.20. The van der Waals surface area contributed by atoms with Crippen LogP contribution in [0.5, 0.6) is 0 Å². The van der Waals surface area contributed by atoms with Crippen LogP contribution in [0.15, 0.2) is 0 Å². The highest BCUT2D eigenvalue weighted by molar-refractivity contribution is 5.77. The molecule has 0 spiro atoms. The van der Waals surface area contributed by atoms with Crippen molar-refractivity contribution in [3.05, 3.63) is 0 Å². The Morgan fingerprint density at radius 1 is 1.38 bits per heavy atom. The molecule has 0 amide bonds. The van der Waals surface area contributed by atoms with Crippen molar-refractivity contribution in [2.45, 2.75) is 38.6 Å². The van der Waals surface area contributed by atoms with Gasteiger partial charge in [0.1, 0.15) is 5.54 Å². The molecule has 0 bridgehead atoms. The quantitative estimate of drug-likeness (QED) is 0.601. The number of hydrogen-bond donors (Lipinski definition) is 2. The number of rotatable bonds is 7. The van der Waals surface area contributed by atoms with Crippen LogP contribution in [0.3, 0.4) is 0 Å². The van der Waals surface area contributed by atoms with Crippen LogP contribution < -0.4 is 5.32 Å². The Morgan fingerprint density at radius 3 is 2.46 bits per heavy atom. The molecule has 0 rings (SSSR count). The standard InChI is InChI=1S/C9H18FNO2/c1-9(2,8(12)13)11-7-5-3-4-6-10/h11H,3-7H2,1-2H3,(H,12,13). The highest BCUT2D eigenvalue weighted by Crippen LogP contribution is 2.02. The lowest BCUT2D eigenvalue weighted by Crippen LogP contribution is -2.46. The predicted octanol–water partition coefficient (Wildman–Crippen LogP) is 1.58. The molecule has 0 radical (unpaired) electrons. The number of aliphatic carboxylic acids is 1. The van der Waals surface area contributed by atoms with E-state index in [0.29, 0.717) is 13.0 Å². The molecule has 4 heteroatoms. The molecule has 0 aliphatic rings. The number of alkyl halides is 1. The largest absolute Gasteiger partial charge is 0.480 e. The Morgan fingerprint density at radius 2 is 2.00 bits per heavy atom. The van der Waals surface area contributed by atoms with E-state index in [-0.39, 0.29) is 6.67 Å². The number of carboxylic acids is 1. The number of carboxylic acid groups (broad SMARTS) is 1. The van der Waals surface area contributed by atoms with Gasteiger partial charge in [-0.3, -0.25) is 9.18 Å². The summed E-state index contributed by atoms with van der Waals surface area (Å²) in [6.07, 6.45) is 2.19. The van der Waals surface area contributed by atoms with Gasteiger partial charge in [-0.25, -0.2) is 0 Å². The second-order valence-corrected chi connectivity index (χ2v) is 3.61. The second-order valence-electron chi connectivity index (χ2n) is 3.61. The normalized spacial score (nSPS) is 11.6. The SMILES string of the molecule is CC(C)(NCCCCCF)C(=O)O. The van der Waals surface area contributed by atoms with Crippen LogP contribution in [0.4, 0.5) is 4.39 Å². The third kappa shape index (κ3) is 5.58. The van der Waals surface area contributed by atoms with Crippen LogP contribution in [-0.2, 0) is 4.79 Å². The Bertz CT molecular complexity index is 160. The third-order valence-electron chi connectivity index (χ3n) is 1.91. The number of carbonyl (C=O) groups is 1. The molecule has 0 aliphatic heterocycles. The van der Waals surface area contributed by atoms with E-state index in [1.165, 1.54) is 0 Å². The number of unbranched alkanes of at least 4 members (excludes halogenated alkanes) is 2. The summed E-state index contributed by atoms with van der Waals surface area (Å²) in [6.45, 7) is 3.57. The van der Waals surface area contributed by atoms with Gasteiger partial charge in [-0.05, 0) is 39.7 Å². The molecule has 0 aromatic heterocycles. The van der Waals surface area contributed by atoms with Crippen molar-refractivity contribution in [3.63, 3.8) is 0 Å². The minimum atomic E-state index is -0.879. The van der Waals surface area contributed by atoms with Gasteiger partial charge < -0.3 is 10.4 Å². The van der Waals surface area contributed by atoms with E-state index < -0.39 is 11.5 Å². The first-order chi connectivity index (χ1) is 6.00. The zero-order valence-corrected chi connectivity index (χ0v) is 8.27. The van der Waals surface area contributed by atoms with Crippen LogP contribution in [0, 0.1) is 0 Å². The molecule has 0 saturated carbocycles. The molecule has 0 aromatic carbocycles. The maximum absolute atomic E-state index is 11.7. The van der Waals surface area contributed by atoms with E-state index in [9.17, 15) is 9.18 Å². The highest BCUT2D eigenvalue weighted by atomic mass is 19.1. The van der Waals surface area contributed by atoms with Gasteiger partial charge in [0, 0.05) is 0 Å². The number of nitrogens with one attached hydrogen (secondary N) is 1. The van der Waals surface area contributed by atoms with E-state index in [4.69, 9.17) is 5.11 Å². The summed E-state index contributed by atoms with van der Waals surface area (Å²) in [4.78, 5) is 10.6. The molecule has 0 atom stereocenters. The fourth-order valence-corrected chi connectivity index (χ4v) is 0.873. The van der Waals surface area contributed by atoms with Crippen molar-refractivity contribution < 1.29 is 14.3 Å². The summed E-state index contributed by atoms with van der Waals surface area (Å²) >= 11 is 0. The lowest BCUT2D eigenvalue weighted by molar-refractivity contribution is -0.143. The van der Waals surface area contributed by atoms with Gasteiger partial charge in [-0.15, -0.1) is 0 Å². The van der Waals surface area contributed by atoms with Gasteiger partial charge in [0.2, 0.25) is 0 Å². The van der Waals surface area contributed by atoms with E-state index in [1.807, 2.05) is 0 Å². The lowest BCUT2D eigenvalue weighted by atomic mass is 10.1. The topological polar surface area (TPSA) is 49.3 Å².